The van der Waals surface area contributed by atoms with Crippen molar-refractivity contribution in [1.29, 1.82) is 0 Å². The number of anilines is 1. The van der Waals surface area contributed by atoms with E-state index in [1.165, 1.54) is 11.1 Å². The van der Waals surface area contributed by atoms with Gasteiger partial charge in [-0.15, -0.1) is 24.0 Å². The lowest BCUT2D eigenvalue weighted by atomic mass is 10.0. The van der Waals surface area contributed by atoms with Crippen molar-refractivity contribution in [3.63, 3.8) is 0 Å². The maximum atomic E-state index is 9.64. The summed E-state index contributed by atoms with van der Waals surface area (Å²) in [6.07, 6.45) is 3.26. The van der Waals surface area contributed by atoms with Crippen molar-refractivity contribution in [1.82, 2.24) is 9.88 Å². The Bertz CT molecular complexity index is 702. The minimum absolute atomic E-state index is 0. The molecule has 1 aliphatic rings. The summed E-state index contributed by atoms with van der Waals surface area (Å²) in [6.45, 7) is 3.27. The van der Waals surface area contributed by atoms with Crippen molar-refractivity contribution in [2.75, 3.05) is 18.4 Å². The van der Waals surface area contributed by atoms with Gasteiger partial charge in [-0.2, -0.15) is 0 Å². The van der Waals surface area contributed by atoms with Crippen LogP contribution in [-0.2, 0) is 13.1 Å². The Kier molecular flexibility index (Phi) is 8.27. The van der Waals surface area contributed by atoms with Crippen LogP contribution in [0.4, 0.5) is 5.82 Å². The molecule has 3 rings (SSSR count). The van der Waals surface area contributed by atoms with Crippen molar-refractivity contribution in [3.05, 3.63) is 59.8 Å². The topological polar surface area (TPSA) is 86.8 Å². The molecule has 0 bridgehead atoms. The second kappa shape index (κ2) is 10.4. The number of likely N-dealkylation sites (tertiary alicyclic amines) is 1. The van der Waals surface area contributed by atoms with Gasteiger partial charge in [-0.25, -0.2) is 9.98 Å². The summed E-state index contributed by atoms with van der Waals surface area (Å²) in [5, 5.41) is 12.6. The van der Waals surface area contributed by atoms with Crippen LogP contribution in [0.2, 0.25) is 0 Å². The van der Waals surface area contributed by atoms with E-state index >= 15 is 0 Å². The molecule has 0 amide bonds. The lowest BCUT2D eigenvalue weighted by Crippen LogP contribution is -2.35. The highest BCUT2D eigenvalue weighted by atomic mass is 127. The molecule has 1 aromatic heterocycles. The molecule has 0 aliphatic carbocycles. The van der Waals surface area contributed by atoms with E-state index in [1.54, 1.807) is 6.20 Å². The van der Waals surface area contributed by atoms with Crippen molar-refractivity contribution >= 4 is 35.8 Å². The van der Waals surface area contributed by atoms with Gasteiger partial charge in [0, 0.05) is 25.8 Å². The largest absolute Gasteiger partial charge is 0.393 e. The fourth-order valence-corrected chi connectivity index (χ4v) is 2.96. The van der Waals surface area contributed by atoms with E-state index in [1.807, 2.05) is 24.3 Å². The second-order valence-corrected chi connectivity index (χ2v) is 6.32. The van der Waals surface area contributed by atoms with Crippen molar-refractivity contribution in [2.45, 2.75) is 32.0 Å². The predicted molar refractivity (Wildman–Crippen MR) is 116 cm³/mol. The highest BCUT2D eigenvalue weighted by molar-refractivity contribution is 14.0. The van der Waals surface area contributed by atoms with Gasteiger partial charge in [-0.05, 0) is 36.1 Å². The summed E-state index contributed by atoms with van der Waals surface area (Å²) in [5.41, 5.74) is 8.39. The van der Waals surface area contributed by atoms with Gasteiger partial charge in [-0.1, -0.05) is 30.3 Å². The highest BCUT2D eigenvalue weighted by Gasteiger charge is 2.17. The number of nitrogens with two attached hydrogens (primary N) is 1. The lowest BCUT2D eigenvalue weighted by molar-refractivity contribution is 0.0791. The number of pyridine rings is 1. The Hall–Kier alpha value is -1.71. The molecular weight excluding hydrogens is 441 g/mol. The monoisotopic (exact) mass is 467 g/mol. The Balaban J connectivity index is 0.00000243. The molecule has 0 atom stereocenters. The second-order valence-electron chi connectivity index (χ2n) is 6.32. The predicted octanol–water partition coefficient (Wildman–Crippen LogP) is 2.58. The van der Waals surface area contributed by atoms with Crippen LogP contribution in [0.1, 0.15) is 24.0 Å². The van der Waals surface area contributed by atoms with Gasteiger partial charge in [0.2, 0.25) is 0 Å². The van der Waals surface area contributed by atoms with Gasteiger partial charge >= 0.3 is 0 Å². The maximum Gasteiger partial charge on any atom is 0.194 e. The molecule has 0 radical (unpaired) electrons. The van der Waals surface area contributed by atoms with Gasteiger partial charge in [0.05, 0.1) is 12.6 Å². The van der Waals surface area contributed by atoms with Crippen LogP contribution in [0.15, 0.2) is 53.7 Å². The summed E-state index contributed by atoms with van der Waals surface area (Å²) in [6, 6.07) is 13.9. The quantitative estimate of drug-likeness (QED) is 0.358. The average molecular weight is 467 g/mol. The molecule has 4 N–H and O–H groups in total. The van der Waals surface area contributed by atoms with E-state index in [2.05, 4.69) is 38.4 Å². The first-order valence-corrected chi connectivity index (χ1v) is 8.66. The number of nitrogens with one attached hydrogen (secondary N) is 1. The Morgan fingerprint density at radius 3 is 2.54 bits per heavy atom. The number of nitrogens with zero attached hydrogens (tertiary/aromatic N) is 3. The molecule has 0 unspecified atom stereocenters. The van der Waals surface area contributed by atoms with Crippen LogP contribution in [0.25, 0.3) is 0 Å². The van der Waals surface area contributed by atoms with Crippen molar-refractivity contribution < 1.29 is 5.11 Å². The third-order valence-corrected chi connectivity index (χ3v) is 4.41. The third-order valence-electron chi connectivity index (χ3n) is 4.41. The normalized spacial score (nSPS) is 16.1. The third kappa shape index (κ3) is 6.22. The zero-order valence-electron chi connectivity index (χ0n) is 14.7. The summed E-state index contributed by atoms with van der Waals surface area (Å²) in [7, 11) is 0. The number of aliphatic hydroxyl groups excluding tert-OH is 1. The number of piperidine rings is 1. The number of hydrogen-bond donors (Lipinski definition) is 3. The first kappa shape index (κ1) is 20.6. The lowest BCUT2D eigenvalue weighted by Gasteiger charge is -2.30. The molecule has 0 spiro atoms. The maximum absolute atomic E-state index is 9.64. The summed E-state index contributed by atoms with van der Waals surface area (Å²) >= 11 is 0. The minimum Gasteiger partial charge on any atom is -0.393 e. The Morgan fingerprint density at radius 2 is 1.85 bits per heavy atom. The zero-order chi connectivity index (χ0) is 17.5. The highest BCUT2D eigenvalue weighted by Crippen LogP contribution is 2.17. The van der Waals surface area contributed by atoms with Crippen molar-refractivity contribution in [2.24, 2.45) is 10.7 Å². The first-order chi connectivity index (χ1) is 12.2. The molecule has 0 saturated carbocycles. The number of aliphatic hydroxyl groups is 1. The molecule has 1 aromatic carbocycles. The van der Waals surface area contributed by atoms with E-state index in [4.69, 9.17) is 5.73 Å². The number of rotatable bonds is 5. The number of halogens is 1. The molecule has 2 aromatic rings. The SMILES string of the molecule is I.NC(=NCc1ccccc1CN1CCC(O)CC1)Nc1ccccn1. The van der Waals surface area contributed by atoms with Crippen molar-refractivity contribution in [3.8, 4) is 0 Å². The van der Waals surface area contributed by atoms with Crippen LogP contribution in [-0.4, -0.2) is 40.1 Å². The molecule has 26 heavy (non-hydrogen) atoms. The molecule has 1 aliphatic heterocycles. The van der Waals surface area contributed by atoms with Gasteiger partial charge in [0.15, 0.2) is 5.96 Å². The molecule has 140 valence electrons. The van der Waals surface area contributed by atoms with E-state index in [9.17, 15) is 5.11 Å². The van der Waals surface area contributed by atoms with E-state index in [0.717, 1.165) is 32.5 Å². The summed E-state index contributed by atoms with van der Waals surface area (Å²) in [4.78, 5) is 11.0. The smallest absolute Gasteiger partial charge is 0.194 e. The van der Waals surface area contributed by atoms with E-state index in [0.29, 0.717) is 18.3 Å². The number of aromatic nitrogens is 1. The first-order valence-electron chi connectivity index (χ1n) is 8.66. The van der Waals surface area contributed by atoms with Gasteiger partial charge in [0.1, 0.15) is 5.82 Å². The van der Waals surface area contributed by atoms with Gasteiger partial charge in [-0.3, -0.25) is 4.90 Å². The molecule has 2 heterocycles. The molecule has 1 saturated heterocycles. The molecule has 6 nitrogen and oxygen atoms in total. The average Bonchev–Trinajstić information content (AvgIpc) is 2.64. The number of aliphatic imine (C=N–C) groups is 1. The summed E-state index contributed by atoms with van der Waals surface area (Å²) in [5.74, 6) is 1.04. The van der Waals surface area contributed by atoms with Crippen LogP contribution >= 0.6 is 24.0 Å². The minimum atomic E-state index is -0.145. The van der Waals surface area contributed by atoms with Gasteiger partial charge in [0.25, 0.3) is 0 Å². The Labute approximate surface area is 171 Å². The van der Waals surface area contributed by atoms with Crippen LogP contribution in [0, 0.1) is 0 Å². The molecular formula is C19H26IN5O. The number of hydrogen-bond acceptors (Lipinski definition) is 4. The standard InChI is InChI=1S/C19H25N5O.HI/c20-19(23-18-7-3-4-10-21-18)22-13-15-5-1-2-6-16(15)14-24-11-8-17(25)9-12-24;/h1-7,10,17,25H,8-9,11-14H2,(H3,20,21,22,23);1H. The van der Waals surface area contributed by atoms with Gasteiger partial charge < -0.3 is 16.2 Å². The van der Waals surface area contributed by atoms with Crippen LogP contribution in [0.3, 0.4) is 0 Å². The van der Waals surface area contributed by atoms with Crippen LogP contribution in [0.5, 0.6) is 0 Å². The zero-order valence-corrected chi connectivity index (χ0v) is 17.0. The summed E-state index contributed by atoms with van der Waals surface area (Å²) < 4.78 is 0. The van der Waals surface area contributed by atoms with E-state index < -0.39 is 0 Å². The molecule has 7 heteroatoms. The molecule has 1 fully saturated rings. The number of benzene rings is 1. The fraction of sp³-hybridized carbons (Fsp3) is 0.368. The Morgan fingerprint density at radius 1 is 1.15 bits per heavy atom. The number of guanidine groups is 1. The van der Waals surface area contributed by atoms with E-state index in [-0.39, 0.29) is 30.1 Å². The fourth-order valence-electron chi connectivity index (χ4n) is 2.96. The van der Waals surface area contributed by atoms with Crippen LogP contribution < -0.4 is 11.1 Å².